The molecule has 0 aromatic carbocycles. The van der Waals surface area contributed by atoms with Gasteiger partial charge in [-0.15, -0.1) is 22.7 Å². The van der Waals surface area contributed by atoms with Crippen molar-refractivity contribution < 1.29 is 0 Å². The molecule has 0 amide bonds. The van der Waals surface area contributed by atoms with E-state index < -0.39 is 0 Å². The molecule has 14 heavy (non-hydrogen) atoms. The van der Waals surface area contributed by atoms with Crippen LogP contribution in [0.15, 0.2) is 18.3 Å². The summed E-state index contributed by atoms with van der Waals surface area (Å²) < 4.78 is 0. The largest absolute Gasteiger partial charge is 0.250 e. The minimum absolute atomic E-state index is 1.15. The highest BCUT2D eigenvalue weighted by Crippen LogP contribution is 2.12. The summed E-state index contributed by atoms with van der Waals surface area (Å²) in [5.74, 6) is 0. The lowest BCUT2D eigenvalue weighted by Crippen LogP contribution is -1.57. The lowest BCUT2D eigenvalue weighted by Gasteiger charge is -1.71. The summed E-state index contributed by atoms with van der Waals surface area (Å²) in [5, 5.41) is 1.15. The van der Waals surface area contributed by atoms with Crippen LogP contribution >= 0.6 is 22.7 Å². The number of thiazole rings is 1. The molecule has 2 aromatic rings. The molecule has 0 aliphatic carbocycles. The topological polar surface area (TPSA) is 12.9 Å². The molecule has 0 aliphatic heterocycles. The van der Waals surface area contributed by atoms with Crippen LogP contribution in [0.3, 0.4) is 0 Å². The Morgan fingerprint density at radius 3 is 1.57 bits per heavy atom. The molecular formula is C11H15NS2. The third kappa shape index (κ3) is 4.03. The van der Waals surface area contributed by atoms with Gasteiger partial charge >= 0.3 is 0 Å². The summed E-state index contributed by atoms with van der Waals surface area (Å²) in [7, 11) is 0. The molecule has 2 aromatic heterocycles. The SMILES string of the molecule is Cc1ccc(C)s1.Cc1cnc(C)s1. The standard InChI is InChI=1S/C6H8S.C5H7NS/c1-5-3-4-6(2)7-5;1-4-3-6-5(2)7-4/h3-4H,1-2H3;3H,1-2H3. The highest BCUT2D eigenvalue weighted by molar-refractivity contribution is 7.11. The molecule has 0 fully saturated rings. The number of nitrogens with zero attached hydrogens (tertiary/aromatic N) is 1. The average Bonchev–Trinajstić information content (AvgIpc) is 2.63. The number of hydrogen-bond donors (Lipinski definition) is 0. The summed E-state index contributed by atoms with van der Waals surface area (Å²) in [6.45, 7) is 8.32. The second kappa shape index (κ2) is 5.27. The van der Waals surface area contributed by atoms with Crippen molar-refractivity contribution >= 4 is 22.7 Å². The second-order valence-corrected chi connectivity index (χ2v) is 6.08. The maximum atomic E-state index is 4.03. The van der Waals surface area contributed by atoms with Gasteiger partial charge < -0.3 is 0 Å². The van der Waals surface area contributed by atoms with Crippen LogP contribution in [-0.2, 0) is 0 Å². The first-order valence-corrected chi connectivity index (χ1v) is 6.13. The summed E-state index contributed by atoms with van der Waals surface area (Å²) in [6, 6.07) is 4.28. The van der Waals surface area contributed by atoms with E-state index >= 15 is 0 Å². The van der Waals surface area contributed by atoms with Crippen molar-refractivity contribution in [3.63, 3.8) is 0 Å². The normalized spacial score (nSPS) is 9.43. The summed E-state index contributed by atoms with van der Waals surface area (Å²) in [6.07, 6.45) is 1.89. The Bertz CT molecular complexity index is 316. The molecule has 1 nitrogen and oxygen atoms in total. The van der Waals surface area contributed by atoms with E-state index in [4.69, 9.17) is 0 Å². The van der Waals surface area contributed by atoms with Crippen LogP contribution < -0.4 is 0 Å². The van der Waals surface area contributed by atoms with Gasteiger partial charge in [0.05, 0.1) is 5.01 Å². The van der Waals surface area contributed by atoms with E-state index in [-0.39, 0.29) is 0 Å². The predicted molar refractivity (Wildman–Crippen MR) is 65.4 cm³/mol. The molecule has 0 N–H and O–H groups in total. The van der Waals surface area contributed by atoms with Gasteiger partial charge in [0.25, 0.3) is 0 Å². The molecule has 0 radical (unpaired) electrons. The van der Waals surface area contributed by atoms with Gasteiger partial charge in [-0.05, 0) is 39.8 Å². The van der Waals surface area contributed by atoms with Gasteiger partial charge in [-0.25, -0.2) is 4.98 Å². The first-order chi connectivity index (χ1) is 6.58. The van der Waals surface area contributed by atoms with Crippen LogP contribution in [0.1, 0.15) is 19.6 Å². The number of thiophene rings is 1. The highest BCUT2D eigenvalue weighted by Gasteiger charge is 1.86. The van der Waals surface area contributed by atoms with Gasteiger partial charge in [-0.3, -0.25) is 0 Å². The van der Waals surface area contributed by atoms with Crippen molar-refractivity contribution in [2.75, 3.05) is 0 Å². The van der Waals surface area contributed by atoms with Crippen molar-refractivity contribution in [1.29, 1.82) is 0 Å². The van der Waals surface area contributed by atoms with Gasteiger partial charge in [0.1, 0.15) is 0 Å². The molecule has 2 rings (SSSR count). The second-order valence-electron chi connectivity index (χ2n) is 3.15. The number of hydrogen-bond acceptors (Lipinski definition) is 3. The molecule has 0 unspecified atom stereocenters. The van der Waals surface area contributed by atoms with Crippen LogP contribution in [-0.4, -0.2) is 4.98 Å². The van der Waals surface area contributed by atoms with E-state index in [1.54, 1.807) is 11.3 Å². The van der Waals surface area contributed by atoms with Gasteiger partial charge in [-0.1, -0.05) is 0 Å². The van der Waals surface area contributed by atoms with Gasteiger partial charge in [0, 0.05) is 20.8 Å². The number of aryl methyl sites for hydroxylation is 4. The molecule has 0 spiro atoms. The molecule has 0 bridgehead atoms. The maximum absolute atomic E-state index is 4.03. The summed E-state index contributed by atoms with van der Waals surface area (Å²) >= 11 is 3.57. The number of aromatic nitrogens is 1. The molecule has 76 valence electrons. The first-order valence-electron chi connectivity index (χ1n) is 4.50. The molecular weight excluding hydrogens is 210 g/mol. The van der Waals surface area contributed by atoms with Crippen LogP contribution in [0.5, 0.6) is 0 Å². The van der Waals surface area contributed by atoms with Crippen molar-refractivity contribution in [3.8, 4) is 0 Å². The van der Waals surface area contributed by atoms with Crippen LogP contribution in [0.25, 0.3) is 0 Å². The van der Waals surface area contributed by atoms with Crippen molar-refractivity contribution in [2.45, 2.75) is 27.7 Å². The van der Waals surface area contributed by atoms with Crippen LogP contribution in [0.2, 0.25) is 0 Å². The Kier molecular flexibility index (Phi) is 4.29. The van der Waals surface area contributed by atoms with E-state index in [9.17, 15) is 0 Å². The Morgan fingerprint density at radius 1 is 0.857 bits per heavy atom. The fraction of sp³-hybridized carbons (Fsp3) is 0.364. The zero-order valence-electron chi connectivity index (χ0n) is 9.00. The Morgan fingerprint density at radius 2 is 1.43 bits per heavy atom. The van der Waals surface area contributed by atoms with Crippen LogP contribution in [0.4, 0.5) is 0 Å². The lowest BCUT2D eigenvalue weighted by atomic mass is 10.5. The minimum atomic E-state index is 1.15. The van der Waals surface area contributed by atoms with E-state index in [1.807, 2.05) is 24.5 Å². The first kappa shape index (κ1) is 11.4. The maximum Gasteiger partial charge on any atom is 0.0896 e. The Balaban J connectivity index is 0.000000140. The Hall–Kier alpha value is -0.670. The fourth-order valence-corrected chi connectivity index (χ4v) is 2.48. The van der Waals surface area contributed by atoms with Gasteiger partial charge in [-0.2, -0.15) is 0 Å². The third-order valence-corrected chi connectivity index (χ3v) is 3.36. The number of rotatable bonds is 0. The molecule has 0 aliphatic rings. The lowest BCUT2D eigenvalue weighted by molar-refractivity contribution is 1.28. The summed E-state index contributed by atoms with van der Waals surface area (Å²) in [5.41, 5.74) is 0. The minimum Gasteiger partial charge on any atom is -0.250 e. The van der Waals surface area contributed by atoms with Gasteiger partial charge in [0.2, 0.25) is 0 Å². The van der Waals surface area contributed by atoms with E-state index in [2.05, 4.69) is 37.9 Å². The van der Waals surface area contributed by atoms with E-state index in [0.717, 1.165) is 5.01 Å². The highest BCUT2D eigenvalue weighted by atomic mass is 32.1. The summed E-state index contributed by atoms with van der Waals surface area (Å²) in [4.78, 5) is 8.12. The van der Waals surface area contributed by atoms with E-state index in [1.165, 1.54) is 14.6 Å². The monoisotopic (exact) mass is 225 g/mol. The third-order valence-electron chi connectivity index (χ3n) is 1.61. The molecule has 0 atom stereocenters. The zero-order chi connectivity index (χ0) is 10.6. The Labute approximate surface area is 93.5 Å². The van der Waals surface area contributed by atoms with Crippen molar-refractivity contribution in [1.82, 2.24) is 4.98 Å². The quantitative estimate of drug-likeness (QED) is 0.657. The smallest absolute Gasteiger partial charge is 0.0896 e. The molecule has 0 saturated carbocycles. The molecule has 2 heterocycles. The van der Waals surface area contributed by atoms with Crippen molar-refractivity contribution in [2.24, 2.45) is 0 Å². The average molecular weight is 225 g/mol. The molecule has 3 heteroatoms. The predicted octanol–water partition coefficient (Wildman–Crippen LogP) is 4.12. The van der Waals surface area contributed by atoms with Crippen LogP contribution in [0, 0.1) is 27.7 Å². The van der Waals surface area contributed by atoms with E-state index in [0.29, 0.717) is 0 Å². The zero-order valence-corrected chi connectivity index (χ0v) is 10.6. The van der Waals surface area contributed by atoms with Crippen molar-refractivity contribution in [3.05, 3.63) is 38.0 Å². The van der Waals surface area contributed by atoms with Gasteiger partial charge in [0.15, 0.2) is 0 Å². The molecule has 0 saturated heterocycles. The fourth-order valence-electron chi connectivity index (χ4n) is 1.02.